The second kappa shape index (κ2) is 12.3. The van der Waals surface area contributed by atoms with Crippen LogP contribution < -0.4 is 0 Å². The monoisotopic (exact) mass is 451 g/mol. The van der Waals surface area contributed by atoms with Gasteiger partial charge in [-0.1, -0.05) is 46.0 Å². The SMILES string of the molecule is CC(C)c1ncc(C(=O)N2CCOC3(CCN(CCCCCCCCCO)CC3)C2)s1. The summed E-state index contributed by atoms with van der Waals surface area (Å²) in [6.45, 7) is 9.89. The van der Waals surface area contributed by atoms with E-state index >= 15 is 0 Å². The fraction of sp³-hybridized carbons (Fsp3) is 0.833. The molecule has 0 aliphatic carbocycles. The zero-order valence-corrected chi connectivity index (χ0v) is 20.3. The maximum Gasteiger partial charge on any atom is 0.265 e. The fourth-order valence-corrected chi connectivity index (χ4v) is 5.53. The minimum absolute atomic E-state index is 0.119. The molecule has 1 aromatic rings. The minimum atomic E-state index is -0.164. The van der Waals surface area contributed by atoms with Crippen molar-refractivity contribution in [3.63, 3.8) is 0 Å². The molecule has 0 atom stereocenters. The smallest absolute Gasteiger partial charge is 0.265 e. The van der Waals surface area contributed by atoms with Crippen LogP contribution in [-0.4, -0.2) is 77.3 Å². The highest BCUT2D eigenvalue weighted by molar-refractivity contribution is 7.13. The van der Waals surface area contributed by atoms with Crippen LogP contribution in [0.5, 0.6) is 0 Å². The average Bonchev–Trinajstić information content (AvgIpc) is 3.27. The van der Waals surface area contributed by atoms with E-state index in [0.717, 1.165) is 48.7 Å². The topological polar surface area (TPSA) is 65.9 Å². The van der Waals surface area contributed by atoms with Crippen LogP contribution in [0.1, 0.15) is 92.2 Å². The Morgan fingerprint density at radius 2 is 1.81 bits per heavy atom. The summed E-state index contributed by atoms with van der Waals surface area (Å²) in [6.07, 6.45) is 12.3. The summed E-state index contributed by atoms with van der Waals surface area (Å²) in [5.74, 6) is 0.478. The highest BCUT2D eigenvalue weighted by Gasteiger charge is 2.41. The third kappa shape index (κ3) is 7.24. The lowest BCUT2D eigenvalue weighted by molar-refractivity contribution is -0.127. The molecule has 1 amide bonds. The molecule has 0 unspecified atom stereocenters. The molecule has 2 saturated heterocycles. The highest BCUT2D eigenvalue weighted by atomic mass is 32.1. The van der Waals surface area contributed by atoms with Crippen LogP contribution in [0.4, 0.5) is 0 Å². The van der Waals surface area contributed by atoms with Gasteiger partial charge >= 0.3 is 0 Å². The molecule has 0 aromatic carbocycles. The van der Waals surface area contributed by atoms with E-state index in [-0.39, 0.29) is 11.5 Å². The summed E-state index contributed by atoms with van der Waals surface area (Å²) in [5, 5.41) is 9.85. The Bertz CT molecular complexity index is 671. The summed E-state index contributed by atoms with van der Waals surface area (Å²) in [6, 6.07) is 0. The summed E-state index contributed by atoms with van der Waals surface area (Å²) in [5.41, 5.74) is -0.164. The van der Waals surface area contributed by atoms with Crippen LogP contribution >= 0.6 is 11.3 Å². The van der Waals surface area contributed by atoms with E-state index in [1.807, 2.05) is 4.90 Å². The molecule has 0 bridgehead atoms. The number of morpholine rings is 1. The van der Waals surface area contributed by atoms with E-state index in [9.17, 15) is 4.79 Å². The van der Waals surface area contributed by atoms with Gasteiger partial charge in [-0.15, -0.1) is 11.3 Å². The summed E-state index contributed by atoms with van der Waals surface area (Å²) < 4.78 is 6.25. The van der Waals surface area contributed by atoms with E-state index < -0.39 is 0 Å². The quantitative estimate of drug-likeness (QED) is 0.508. The molecule has 0 saturated carbocycles. The summed E-state index contributed by atoms with van der Waals surface area (Å²) >= 11 is 1.53. The van der Waals surface area contributed by atoms with Gasteiger partial charge < -0.3 is 19.6 Å². The Morgan fingerprint density at radius 3 is 2.45 bits per heavy atom. The largest absolute Gasteiger partial charge is 0.396 e. The van der Waals surface area contributed by atoms with Gasteiger partial charge in [0.05, 0.1) is 30.0 Å². The van der Waals surface area contributed by atoms with Crippen molar-refractivity contribution in [2.45, 2.75) is 83.2 Å². The predicted octanol–water partition coefficient (Wildman–Crippen LogP) is 4.30. The number of rotatable bonds is 11. The van der Waals surface area contributed by atoms with E-state index in [4.69, 9.17) is 9.84 Å². The Hall–Kier alpha value is -1.02. The predicted molar refractivity (Wildman–Crippen MR) is 126 cm³/mol. The summed E-state index contributed by atoms with van der Waals surface area (Å²) in [7, 11) is 0. The van der Waals surface area contributed by atoms with Crippen molar-refractivity contribution in [1.82, 2.24) is 14.8 Å². The zero-order chi connectivity index (χ0) is 22.1. The number of thiazole rings is 1. The lowest BCUT2D eigenvalue weighted by Crippen LogP contribution is -2.58. The van der Waals surface area contributed by atoms with E-state index in [1.54, 1.807) is 6.20 Å². The van der Waals surface area contributed by atoms with Gasteiger partial charge in [-0.25, -0.2) is 4.98 Å². The molecule has 1 aromatic heterocycles. The molecule has 31 heavy (non-hydrogen) atoms. The van der Waals surface area contributed by atoms with Crippen LogP contribution in [0.25, 0.3) is 0 Å². The van der Waals surface area contributed by atoms with Crippen molar-refractivity contribution in [2.75, 3.05) is 45.9 Å². The molecule has 2 aliphatic rings. The number of likely N-dealkylation sites (tertiary alicyclic amines) is 1. The normalized spacial score (nSPS) is 19.4. The number of piperidine rings is 1. The minimum Gasteiger partial charge on any atom is -0.396 e. The van der Waals surface area contributed by atoms with E-state index in [1.165, 1.54) is 50.0 Å². The van der Waals surface area contributed by atoms with Gasteiger partial charge in [-0.2, -0.15) is 0 Å². The van der Waals surface area contributed by atoms with Gasteiger partial charge in [0.15, 0.2) is 0 Å². The van der Waals surface area contributed by atoms with Crippen molar-refractivity contribution < 1.29 is 14.6 Å². The van der Waals surface area contributed by atoms with Gasteiger partial charge in [0.1, 0.15) is 4.88 Å². The summed E-state index contributed by atoms with van der Waals surface area (Å²) in [4.78, 5) is 22.8. The number of carbonyl (C=O) groups is 1. The molecular weight excluding hydrogens is 410 g/mol. The number of hydrogen-bond acceptors (Lipinski definition) is 6. The molecule has 3 rings (SSSR count). The number of amides is 1. The number of carbonyl (C=O) groups excluding carboxylic acids is 1. The standard InChI is InChI=1S/C24H41N3O3S/c1-20(2)22-25-18-21(31-22)23(29)27-15-17-30-24(19-27)10-13-26(14-11-24)12-8-6-4-3-5-7-9-16-28/h18,20,28H,3-17,19H2,1-2H3. The molecular formula is C24H41N3O3S. The number of aliphatic hydroxyl groups is 1. The number of nitrogens with zero attached hydrogens (tertiary/aromatic N) is 3. The number of hydrogen-bond donors (Lipinski definition) is 1. The Balaban J connectivity index is 1.38. The maximum atomic E-state index is 13.0. The number of ether oxygens (including phenoxy) is 1. The van der Waals surface area contributed by atoms with Gasteiger partial charge in [0.25, 0.3) is 5.91 Å². The second-order valence-corrected chi connectivity index (χ2v) is 10.6. The van der Waals surface area contributed by atoms with E-state index in [2.05, 4.69) is 23.7 Å². The van der Waals surface area contributed by atoms with Crippen molar-refractivity contribution in [2.24, 2.45) is 0 Å². The van der Waals surface area contributed by atoms with Crippen LogP contribution in [0.15, 0.2) is 6.20 Å². The Labute approximate surface area is 192 Å². The lowest BCUT2D eigenvalue weighted by atomic mass is 9.89. The first-order valence-corrected chi connectivity index (χ1v) is 13.1. The van der Waals surface area contributed by atoms with Crippen molar-refractivity contribution in [3.8, 4) is 0 Å². The van der Waals surface area contributed by atoms with Crippen LogP contribution in [0.3, 0.4) is 0 Å². The number of aromatic nitrogens is 1. The Morgan fingerprint density at radius 1 is 1.13 bits per heavy atom. The first kappa shape index (κ1) is 24.6. The fourth-order valence-electron chi connectivity index (χ4n) is 4.65. The average molecular weight is 452 g/mol. The van der Waals surface area contributed by atoms with Crippen molar-refractivity contribution in [3.05, 3.63) is 16.1 Å². The molecule has 176 valence electrons. The zero-order valence-electron chi connectivity index (χ0n) is 19.5. The second-order valence-electron chi connectivity index (χ2n) is 9.52. The first-order chi connectivity index (χ1) is 15.0. The molecule has 1 N–H and O–H groups in total. The molecule has 2 aliphatic heterocycles. The van der Waals surface area contributed by atoms with E-state index in [0.29, 0.717) is 32.2 Å². The highest BCUT2D eigenvalue weighted by Crippen LogP contribution is 2.32. The van der Waals surface area contributed by atoms with Gasteiger partial charge in [-0.05, 0) is 32.2 Å². The molecule has 1 spiro atoms. The molecule has 7 heteroatoms. The maximum absolute atomic E-state index is 13.0. The first-order valence-electron chi connectivity index (χ1n) is 12.3. The molecule has 3 heterocycles. The lowest BCUT2D eigenvalue weighted by Gasteiger charge is -2.47. The Kier molecular flexibility index (Phi) is 9.75. The molecule has 0 radical (unpaired) electrons. The van der Waals surface area contributed by atoms with Gasteiger partial charge in [-0.3, -0.25) is 4.79 Å². The van der Waals surface area contributed by atoms with Crippen LogP contribution in [-0.2, 0) is 4.74 Å². The van der Waals surface area contributed by atoms with Crippen LogP contribution in [0, 0.1) is 0 Å². The van der Waals surface area contributed by atoms with Crippen LogP contribution in [0.2, 0.25) is 0 Å². The van der Waals surface area contributed by atoms with Gasteiger partial charge in [0.2, 0.25) is 0 Å². The number of aliphatic hydroxyl groups excluding tert-OH is 1. The van der Waals surface area contributed by atoms with Crippen molar-refractivity contribution >= 4 is 17.2 Å². The number of unbranched alkanes of at least 4 members (excludes halogenated alkanes) is 6. The van der Waals surface area contributed by atoms with Crippen molar-refractivity contribution in [1.29, 1.82) is 0 Å². The van der Waals surface area contributed by atoms with Gasteiger partial charge in [0, 0.05) is 32.2 Å². The molecule has 2 fully saturated rings. The third-order valence-corrected chi connectivity index (χ3v) is 7.95. The third-order valence-electron chi connectivity index (χ3n) is 6.66. The molecule has 6 nitrogen and oxygen atoms in total.